The first-order valence-electron chi connectivity index (χ1n) is 5.17. The number of aliphatic hydroxyl groups excluding tert-OH is 1. The first-order chi connectivity index (χ1) is 9.03. The van der Waals surface area contributed by atoms with Crippen molar-refractivity contribution in [1.82, 2.24) is 9.97 Å². The molecule has 0 saturated carbocycles. The van der Waals surface area contributed by atoms with Crippen molar-refractivity contribution < 1.29 is 31.4 Å². The third-order valence-corrected chi connectivity index (χ3v) is 2.05. The van der Waals surface area contributed by atoms with E-state index in [1.165, 1.54) is 0 Å². The predicted molar refractivity (Wildman–Crippen MR) is 56.8 cm³/mol. The van der Waals surface area contributed by atoms with Gasteiger partial charge < -0.3 is 15.7 Å². The van der Waals surface area contributed by atoms with E-state index in [1.54, 1.807) is 0 Å². The summed E-state index contributed by atoms with van der Waals surface area (Å²) >= 11 is 0. The van der Waals surface area contributed by atoms with Crippen LogP contribution >= 0.6 is 0 Å². The highest BCUT2D eigenvalue weighted by Crippen LogP contribution is 2.29. The van der Waals surface area contributed by atoms with Gasteiger partial charge in [-0.3, -0.25) is 0 Å². The van der Waals surface area contributed by atoms with E-state index in [9.17, 15) is 26.3 Å². The van der Waals surface area contributed by atoms with Gasteiger partial charge in [0.2, 0.25) is 5.82 Å². The van der Waals surface area contributed by atoms with Gasteiger partial charge in [-0.2, -0.15) is 26.3 Å². The van der Waals surface area contributed by atoms with Crippen molar-refractivity contribution in [3.63, 3.8) is 0 Å². The van der Waals surface area contributed by atoms with Crippen LogP contribution in [0.25, 0.3) is 0 Å². The second-order valence-corrected chi connectivity index (χ2v) is 3.73. The molecule has 1 rings (SSSR count). The van der Waals surface area contributed by atoms with Gasteiger partial charge >= 0.3 is 12.4 Å². The summed E-state index contributed by atoms with van der Waals surface area (Å²) in [4.78, 5) is 6.36. The van der Waals surface area contributed by atoms with Crippen LogP contribution in [-0.4, -0.2) is 40.9 Å². The molecule has 1 aromatic rings. The maximum Gasteiger partial charge on any atom is 0.451 e. The Morgan fingerprint density at radius 1 is 1.15 bits per heavy atom. The summed E-state index contributed by atoms with van der Waals surface area (Å²) < 4.78 is 74.4. The molecular weight excluding hydrogens is 294 g/mol. The van der Waals surface area contributed by atoms with Crippen LogP contribution in [0.1, 0.15) is 5.82 Å². The van der Waals surface area contributed by atoms with E-state index in [-0.39, 0.29) is 0 Å². The smallest absolute Gasteiger partial charge is 0.395 e. The third kappa shape index (κ3) is 4.72. The molecule has 5 nitrogen and oxygen atoms in total. The Balaban J connectivity index is 3.16. The lowest BCUT2D eigenvalue weighted by Crippen LogP contribution is -2.37. The van der Waals surface area contributed by atoms with E-state index < -0.39 is 49.5 Å². The topological polar surface area (TPSA) is 75.3 Å². The first-order valence-corrected chi connectivity index (χ1v) is 5.17. The Bertz CT molecular complexity index is 461. The summed E-state index contributed by atoms with van der Waals surface area (Å²) in [7, 11) is 0. The number of nitrogen functional groups attached to an aromatic ring is 1. The lowest BCUT2D eigenvalue weighted by molar-refractivity contribution is -0.144. The van der Waals surface area contributed by atoms with Crippen molar-refractivity contribution >= 4 is 11.6 Å². The SMILES string of the molecule is Nc1cc(N(CCO)CC(F)(F)F)nc(C(F)(F)F)n1. The summed E-state index contributed by atoms with van der Waals surface area (Å²) in [5, 5.41) is 8.69. The van der Waals surface area contributed by atoms with Gasteiger partial charge in [0.15, 0.2) is 0 Å². The second kappa shape index (κ2) is 5.69. The van der Waals surface area contributed by atoms with E-state index in [0.29, 0.717) is 4.90 Å². The van der Waals surface area contributed by atoms with Crippen LogP contribution in [0.2, 0.25) is 0 Å². The maximum absolute atomic E-state index is 12.5. The van der Waals surface area contributed by atoms with Gasteiger partial charge in [-0.15, -0.1) is 0 Å². The monoisotopic (exact) mass is 304 g/mol. The maximum atomic E-state index is 12.5. The molecule has 114 valence electrons. The molecule has 0 atom stereocenters. The van der Waals surface area contributed by atoms with Gasteiger partial charge in [0.1, 0.15) is 18.2 Å². The van der Waals surface area contributed by atoms with E-state index in [2.05, 4.69) is 9.97 Å². The van der Waals surface area contributed by atoms with Gasteiger partial charge in [0, 0.05) is 12.6 Å². The molecular formula is C9H10F6N4O. The Labute approximate surface area is 109 Å². The average Bonchev–Trinajstić information content (AvgIpc) is 2.24. The summed E-state index contributed by atoms with van der Waals surface area (Å²) in [6.45, 7) is -2.81. The number of hydrogen-bond donors (Lipinski definition) is 2. The van der Waals surface area contributed by atoms with Gasteiger partial charge in [-0.05, 0) is 0 Å². The Morgan fingerprint density at radius 2 is 1.75 bits per heavy atom. The minimum Gasteiger partial charge on any atom is -0.395 e. The van der Waals surface area contributed by atoms with Crippen molar-refractivity contribution in [1.29, 1.82) is 0 Å². The highest BCUT2D eigenvalue weighted by molar-refractivity contribution is 5.47. The highest BCUT2D eigenvalue weighted by Gasteiger charge is 2.37. The first kappa shape index (κ1) is 16.3. The molecule has 0 saturated heterocycles. The van der Waals surface area contributed by atoms with Gasteiger partial charge in [0.05, 0.1) is 6.61 Å². The Morgan fingerprint density at radius 3 is 2.20 bits per heavy atom. The van der Waals surface area contributed by atoms with Crippen LogP contribution in [0, 0.1) is 0 Å². The summed E-state index contributed by atoms with van der Waals surface area (Å²) in [6.07, 6.45) is -9.61. The largest absolute Gasteiger partial charge is 0.451 e. The molecule has 1 heterocycles. The van der Waals surface area contributed by atoms with Crippen molar-refractivity contribution in [2.24, 2.45) is 0 Å². The summed E-state index contributed by atoms with van der Waals surface area (Å²) in [5.74, 6) is -2.92. The number of aromatic nitrogens is 2. The number of aliphatic hydroxyl groups is 1. The quantitative estimate of drug-likeness (QED) is 0.823. The molecule has 0 aliphatic heterocycles. The molecule has 0 aliphatic rings. The number of rotatable bonds is 4. The lowest BCUT2D eigenvalue weighted by atomic mass is 10.4. The zero-order valence-corrected chi connectivity index (χ0v) is 9.83. The van der Waals surface area contributed by atoms with Crippen molar-refractivity contribution in [3.05, 3.63) is 11.9 Å². The number of anilines is 2. The Hall–Kier alpha value is -1.78. The molecule has 1 aromatic heterocycles. The zero-order chi connectivity index (χ0) is 15.6. The van der Waals surface area contributed by atoms with Crippen LogP contribution in [0.3, 0.4) is 0 Å². The fraction of sp³-hybridized carbons (Fsp3) is 0.556. The predicted octanol–water partition coefficient (Wildman–Crippen LogP) is 1.44. The number of alkyl halides is 6. The Kier molecular flexibility index (Phi) is 4.63. The molecule has 11 heteroatoms. The fourth-order valence-corrected chi connectivity index (χ4v) is 1.35. The van der Waals surface area contributed by atoms with Crippen LogP contribution in [0.4, 0.5) is 38.0 Å². The molecule has 0 aliphatic carbocycles. The van der Waals surface area contributed by atoms with E-state index in [4.69, 9.17) is 10.8 Å². The third-order valence-electron chi connectivity index (χ3n) is 2.05. The molecule has 0 fully saturated rings. The van der Waals surface area contributed by atoms with Crippen molar-refractivity contribution in [3.8, 4) is 0 Å². The summed E-state index contributed by atoms with van der Waals surface area (Å²) in [6, 6.07) is 0.774. The molecule has 0 aromatic carbocycles. The molecule has 0 radical (unpaired) electrons. The van der Waals surface area contributed by atoms with Crippen LogP contribution in [0.15, 0.2) is 6.07 Å². The van der Waals surface area contributed by atoms with E-state index in [1.807, 2.05) is 0 Å². The standard InChI is InChI=1S/C9H10F6N4O/c10-8(11,12)4-19(1-2-20)6-3-5(16)17-7(18-6)9(13,14)15/h3,20H,1-2,4H2,(H2,16,17,18). The van der Waals surface area contributed by atoms with Crippen molar-refractivity contribution in [2.45, 2.75) is 12.4 Å². The van der Waals surface area contributed by atoms with Crippen LogP contribution < -0.4 is 10.6 Å². The molecule has 20 heavy (non-hydrogen) atoms. The highest BCUT2D eigenvalue weighted by atomic mass is 19.4. The van der Waals surface area contributed by atoms with Gasteiger partial charge in [-0.25, -0.2) is 9.97 Å². The average molecular weight is 304 g/mol. The number of nitrogens with two attached hydrogens (primary N) is 1. The minimum atomic E-state index is -4.94. The number of nitrogens with zero attached hydrogens (tertiary/aromatic N) is 3. The van der Waals surface area contributed by atoms with E-state index in [0.717, 1.165) is 6.07 Å². The zero-order valence-electron chi connectivity index (χ0n) is 9.83. The van der Waals surface area contributed by atoms with Crippen LogP contribution in [-0.2, 0) is 6.18 Å². The molecule has 0 amide bonds. The summed E-state index contributed by atoms with van der Waals surface area (Å²) in [5.41, 5.74) is 5.13. The van der Waals surface area contributed by atoms with Gasteiger partial charge in [0.25, 0.3) is 0 Å². The normalized spacial score (nSPS) is 12.6. The van der Waals surface area contributed by atoms with Crippen LogP contribution in [0.5, 0.6) is 0 Å². The minimum absolute atomic E-state index is 0.438. The molecule has 0 spiro atoms. The van der Waals surface area contributed by atoms with Crippen molar-refractivity contribution in [2.75, 3.05) is 30.3 Å². The molecule has 3 N–H and O–H groups in total. The molecule has 0 unspecified atom stereocenters. The number of halogens is 6. The molecule has 0 bridgehead atoms. The second-order valence-electron chi connectivity index (χ2n) is 3.73. The fourth-order valence-electron chi connectivity index (χ4n) is 1.35. The lowest BCUT2D eigenvalue weighted by Gasteiger charge is -2.24. The van der Waals surface area contributed by atoms with Gasteiger partial charge in [-0.1, -0.05) is 0 Å². The van der Waals surface area contributed by atoms with E-state index >= 15 is 0 Å². The number of hydrogen-bond acceptors (Lipinski definition) is 5.